The van der Waals surface area contributed by atoms with Crippen molar-refractivity contribution in [3.05, 3.63) is 29.8 Å². The molecule has 0 heterocycles. The fourth-order valence-corrected chi connectivity index (χ4v) is 1.93. The van der Waals surface area contributed by atoms with Crippen molar-refractivity contribution in [2.45, 2.75) is 59.2 Å². The van der Waals surface area contributed by atoms with E-state index in [1.54, 1.807) is 6.92 Å². The molecule has 1 unspecified atom stereocenters. The van der Waals surface area contributed by atoms with Crippen molar-refractivity contribution in [3.8, 4) is 5.75 Å². The summed E-state index contributed by atoms with van der Waals surface area (Å²) in [6.45, 7) is 9.75. The van der Waals surface area contributed by atoms with Crippen LogP contribution >= 0.6 is 0 Å². The van der Waals surface area contributed by atoms with Gasteiger partial charge in [-0.2, -0.15) is 0 Å². The molecule has 0 aliphatic rings. The van der Waals surface area contributed by atoms with Gasteiger partial charge in [0.1, 0.15) is 11.5 Å². The maximum absolute atomic E-state index is 11.6. The number of carbonyl (C=O) groups is 1. The van der Waals surface area contributed by atoms with Gasteiger partial charge in [0.05, 0.1) is 12.1 Å². The highest BCUT2D eigenvalue weighted by Gasteiger charge is 2.15. The minimum atomic E-state index is -0.114. The lowest BCUT2D eigenvalue weighted by molar-refractivity contribution is -0.119. The molecule has 0 saturated carbocycles. The Balaban J connectivity index is 2.67. The van der Waals surface area contributed by atoms with E-state index in [0.29, 0.717) is 6.04 Å². The normalized spacial score (nSPS) is 12.8. The summed E-state index contributed by atoms with van der Waals surface area (Å²) >= 11 is 0. The Morgan fingerprint density at radius 1 is 1.16 bits per heavy atom. The molecule has 0 fully saturated rings. The SMILES string of the molecule is CC(=O)C(Cc1ccc(OC(C)C)cc1)NC(C)C. The maximum atomic E-state index is 11.6. The number of hydrogen-bond donors (Lipinski definition) is 1. The molecule has 1 aromatic carbocycles. The smallest absolute Gasteiger partial charge is 0.147 e. The lowest BCUT2D eigenvalue weighted by atomic mass is 10.0. The van der Waals surface area contributed by atoms with Gasteiger partial charge in [0.2, 0.25) is 0 Å². The van der Waals surface area contributed by atoms with Crippen LogP contribution in [0, 0.1) is 0 Å². The Kier molecular flexibility index (Phi) is 6.03. The summed E-state index contributed by atoms with van der Waals surface area (Å²) in [7, 11) is 0. The summed E-state index contributed by atoms with van der Waals surface area (Å²) in [6, 6.07) is 8.16. The first-order chi connectivity index (χ1) is 8.88. The van der Waals surface area contributed by atoms with Crippen LogP contribution in [0.3, 0.4) is 0 Å². The first-order valence-electron chi connectivity index (χ1n) is 6.90. The highest BCUT2D eigenvalue weighted by atomic mass is 16.5. The second-order valence-corrected chi connectivity index (χ2v) is 5.50. The number of benzene rings is 1. The van der Waals surface area contributed by atoms with Crippen molar-refractivity contribution >= 4 is 5.78 Å². The molecule has 1 aromatic rings. The number of nitrogens with one attached hydrogen (secondary N) is 1. The first kappa shape index (κ1) is 15.7. The monoisotopic (exact) mass is 263 g/mol. The molecule has 0 radical (unpaired) electrons. The Bertz CT molecular complexity index is 396. The van der Waals surface area contributed by atoms with Crippen LogP contribution in [0.15, 0.2) is 24.3 Å². The molecule has 1 rings (SSSR count). The van der Waals surface area contributed by atoms with Crippen LogP contribution in [0.1, 0.15) is 40.2 Å². The molecule has 1 atom stereocenters. The Labute approximate surface area is 116 Å². The highest BCUT2D eigenvalue weighted by Crippen LogP contribution is 2.15. The van der Waals surface area contributed by atoms with Gasteiger partial charge in [0.25, 0.3) is 0 Å². The van der Waals surface area contributed by atoms with Gasteiger partial charge in [-0.15, -0.1) is 0 Å². The molecule has 106 valence electrons. The van der Waals surface area contributed by atoms with E-state index in [4.69, 9.17) is 4.74 Å². The Morgan fingerprint density at radius 2 is 1.74 bits per heavy atom. The van der Waals surface area contributed by atoms with E-state index in [0.717, 1.165) is 17.7 Å². The van der Waals surface area contributed by atoms with Crippen molar-refractivity contribution in [2.75, 3.05) is 0 Å². The summed E-state index contributed by atoms with van der Waals surface area (Å²) < 4.78 is 5.60. The van der Waals surface area contributed by atoms with E-state index < -0.39 is 0 Å². The highest BCUT2D eigenvalue weighted by molar-refractivity contribution is 5.81. The van der Waals surface area contributed by atoms with Crippen molar-refractivity contribution in [3.63, 3.8) is 0 Å². The number of carbonyl (C=O) groups excluding carboxylic acids is 1. The molecule has 19 heavy (non-hydrogen) atoms. The molecule has 0 spiro atoms. The third-order valence-corrected chi connectivity index (χ3v) is 2.76. The van der Waals surface area contributed by atoms with Crippen molar-refractivity contribution in [2.24, 2.45) is 0 Å². The summed E-state index contributed by atoms with van der Waals surface area (Å²) in [4.78, 5) is 11.6. The molecule has 0 aliphatic carbocycles. The quantitative estimate of drug-likeness (QED) is 0.822. The van der Waals surface area contributed by atoms with E-state index in [1.807, 2.05) is 38.1 Å². The van der Waals surface area contributed by atoms with Gasteiger partial charge in [-0.1, -0.05) is 26.0 Å². The zero-order valence-electron chi connectivity index (χ0n) is 12.6. The molecular formula is C16H25NO2. The van der Waals surface area contributed by atoms with Crippen LogP contribution in [-0.2, 0) is 11.2 Å². The number of rotatable bonds is 7. The lowest BCUT2D eigenvalue weighted by Crippen LogP contribution is -2.41. The average molecular weight is 263 g/mol. The minimum absolute atomic E-state index is 0.114. The van der Waals surface area contributed by atoms with Crippen LogP contribution in [0.5, 0.6) is 5.75 Å². The van der Waals surface area contributed by atoms with Crippen LogP contribution in [-0.4, -0.2) is 24.0 Å². The Hall–Kier alpha value is -1.35. The zero-order chi connectivity index (χ0) is 14.4. The first-order valence-corrected chi connectivity index (χ1v) is 6.90. The topological polar surface area (TPSA) is 38.3 Å². The number of ketones is 1. The fraction of sp³-hybridized carbons (Fsp3) is 0.562. The molecule has 0 aliphatic heterocycles. The molecule has 3 nitrogen and oxygen atoms in total. The zero-order valence-corrected chi connectivity index (χ0v) is 12.6. The standard InChI is InChI=1S/C16H25NO2/c1-11(2)17-16(13(5)18)10-14-6-8-15(9-7-14)19-12(3)4/h6-9,11-12,16-17H,10H2,1-5H3. The molecule has 0 saturated heterocycles. The van der Waals surface area contributed by atoms with Gasteiger partial charge in [0, 0.05) is 6.04 Å². The van der Waals surface area contributed by atoms with Gasteiger partial charge < -0.3 is 10.1 Å². The van der Waals surface area contributed by atoms with Crippen LogP contribution in [0.25, 0.3) is 0 Å². The predicted molar refractivity (Wildman–Crippen MR) is 78.7 cm³/mol. The molecule has 0 aromatic heterocycles. The van der Waals surface area contributed by atoms with Crippen LogP contribution in [0.2, 0.25) is 0 Å². The predicted octanol–water partition coefficient (Wildman–Crippen LogP) is 2.97. The van der Waals surface area contributed by atoms with Gasteiger partial charge in [0.15, 0.2) is 0 Å². The van der Waals surface area contributed by atoms with Gasteiger partial charge in [-0.25, -0.2) is 0 Å². The second-order valence-electron chi connectivity index (χ2n) is 5.50. The minimum Gasteiger partial charge on any atom is -0.491 e. The molecule has 1 N–H and O–H groups in total. The summed E-state index contributed by atoms with van der Waals surface area (Å²) in [5.41, 5.74) is 1.14. The molecule has 0 bridgehead atoms. The van der Waals surface area contributed by atoms with Crippen molar-refractivity contribution in [1.29, 1.82) is 0 Å². The number of hydrogen-bond acceptors (Lipinski definition) is 3. The van der Waals surface area contributed by atoms with Gasteiger partial charge in [-0.05, 0) is 44.9 Å². The third kappa shape index (κ3) is 5.88. The lowest BCUT2D eigenvalue weighted by Gasteiger charge is -2.19. The van der Waals surface area contributed by atoms with E-state index in [1.165, 1.54) is 0 Å². The second kappa shape index (κ2) is 7.29. The fourth-order valence-electron chi connectivity index (χ4n) is 1.93. The summed E-state index contributed by atoms with van der Waals surface area (Å²) in [5, 5.41) is 3.29. The van der Waals surface area contributed by atoms with Gasteiger partial charge >= 0.3 is 0 Å². The van der Waals surface area contributed by atoms with E-state index in [-0.39, 0.29) is 17.9 Å². The number of Topliss-reactive ketones (excluding diaryl/α,β-unsaturated/α-hetero) is 1. The van der Waals surface area contributed by atoms with Crippen molar-refractivity contribution in [1.82, 2.24) is 5.32 Å². The number of ether oxygens (including phenoxy) is 1. The van der Waals surface area contributed by atoms with E-state index in [2.05, 4.69) is 19.2 Å². The van der Waals surface area contributed by atoms with Crippen molar-refractivity contribution < 1.29 is 9.53 Å². The molecule has 3 heteroatoms. The van der Waals surface area contributed by atoms with E-state index in [9.17, 15) is 4.79 Å². The van der Waals surface area contributed by atoms with E-state index >= 15 is 0 Å². The molecule has 0 amide bonds. The largest absolute Gasteiger partial charge is 0.491 e. The molecular weight excluding hydrogens is 238 g/mol. The summed E-state index contributed by atoms with van der Waals surface area (Å²) in [5.74, 6) is 1.05. The third-order valence-electron chi connectivity index (χ3n) is 2.76. The maximum Gasteiger partial charge on any atom is 0.147 e. The Morgan fingerprint density at radius 3 is 2.16 bits per heavy atom. The average Bonchev–Trinajstić information content (AvgIpc) is 2.29. The van der Waals surface area contributed by atoms with Crippen LogP contribution in [0.4, 0.5) is 0 Å². The van der Waals surface area contributed by atoms with Crippen LogP contribution < -0.4 is 10.1 Å². The van der Waals surface area contributed by atoms with Gasteiger partial charge in [-0.3, -0.25) is 4.79 Å². The summed E-state index contributed by atoms with van der Waals surface area (Å²) in [6.07, 6.45) is 0.897.